The molecular formula is C9H9F6MnO2-. The van der Waals surface area contributed by atoms with Crippen LogP contribution in [0, 0.1) is 6.10 Å². The van der Waals surface area contributed by atoms with Gasteiger partial charge in [-0.3, -0.25) is 0 Å². The third-order valence-corrected chi connectivity index (χ3v) is 1.76. The van der Waals surface area contributed by atoms with E-state index in [0.29, 0.717) is 6.08 Å². The van der Waals surface area contributed by atoms with Gasteiger partial charge in [0.25, 0.3) is 0 Å². The van der Waals surface area contributed by atoms with Gasteiger partial charge in [-0.15, -0.1) is 0 Å². The van der Waals surface area contributed by atoms with Crippen LogP contribution < -0.4 is 0 Å². The first kappa shape index (κ1) is 17.6. The Morgan fingerprint density at radius 3 is 1.94 bits per heavy atom. The van der Waals surface area contributed by atoms with E-state index in [1.165, 1.54) is 13.8 Å². The van der Waals surface area contributed by atoms with Crippen molar-refractivity contribution in [3.05, 3.63) is 17.9 Å². The molecule has 1 fully saturated rings. The molecule has 1 rings (SSSR count). The number of hydrogen-bond donors (Lipinski definition) is 0. The maximum atomic E-state index is 12.3. The van der Waals surface area contributed by atoms with E-state index in [0.717, 1.165) is 0 Å². The zero-order valence-electron chi connectivity index (χ0n) is 9.19. The van der Waals surface area contributed by atoms with Crippen molar-refractivity contribution in [2.75, 3.05) is 0 Å². The van der Waals surface area contributed by atoms with E-state index in [4.69, 9.17) is 0 Å². The van der Waals surface area contributed by atoms with Crippen molar-refractivity contribution < 1.29 is 52.9 Å². The van der Waals surface area contributed by atoms with Crippen LogP contribution in [0.4, 0.5) is 26.3 Å². The molecule has 9 heteroatoms. The third kappa shape index (κ3) is 5.07. The SMILES string of the molecule is C[C-](C)O/C(=C\C1OC1C(F)(F)F)C(F)(F)F.[Mn]. The predicted octanol–water partition coefficient (Wildman–Crippen LogP) is 3.35. The number of rotatable bonds is 3. The van der Waals surface area contributed by atoms with E-state index < -0.39 is 30.3 Å². The number of allylic oxidation sites excluding steroid dienone is 1. The van der Waals surface area contributed by atoms with E-state index >= 15 is 0 Å². The molecule has 0 spiro atoms. The molecule has 18 heavy (non-hydrogen) atoms. The second-order valence-corrected chi connectivity index (χ2v) is 3.60. The van der Waals surface area contributed by atoms with Gasteiger partial charge in [0.2, 0.25) is 0 Å². The number of ether oxygens (including phenoxy) is 2. The molecule has 0 bridgehead atoms. The summed E-state index contributed by atoms with van der Waals surface area (Å²) in [5.41, 5.74) is 0. The second kappa shape index (κ2) is 5.71. The van der Waals surface area contributed by atoms with E-state index in [2.05, 4.69) is 9.47 Å². The molecule has 0 N–H and O–H groups in total. The Balaban J connectivity index is 0.00000289. The molecule has 0 amide bonds. The fraction of sp³-hybridized carbons (Fsp3) is 0.667. The third-order valence-electron chi connectivity index (χ3n) is 1.76. The fourth-order valence-corrected chi connectivity index (χ4v) is 1.07. The van der Waals surface area contributed by atoms with Gasteiger partial charge in [0, 0.05) is 17.1 Å². The number of epoxide rings is 1. The quantitative estimate of drug-likeness (QED) is 0.262. The van der Waals surface area contributed by atoms with Crippen LogP contribution in [0.25, 0.3) is 0 Å². The van der Waals surface area contributed by atoms with Crippen molar-refractivity contribution >= 4 is 0 Å². The first-order valence-electron chi connectivity index (χ1n) is 4.51. The minimum atomic E-state index is -4.85. The minimum absolute atomic E-state index is 0. The Morgan fingerprint density at radius 2 is 1.67 bits per heavy atom. The molecule has 0 saturated carbocycles. The molecule has 1 aliphatic heterocycles. The molecule has 1 saturated heterocycles. The zero-order valence-corrected chi connectivity index (χ0v) is 10.4. The Morgan fingerprint density at radius 1 is 1.17 bits per heavy atom. The summed E-state index contributed by atoms with van der Waals surface area (Å²) in [7, 11) is 0. The van der Waals surface area contributed by atoms with Crippen LogP contribution in [0.15, 0.2) is 11.8 Å². The average molecular weight is 318 g/mol. The van der Waals surface area contributed by atoms with E-state index in [1.807, 2.05) is 0 Å². The zero-order chi connectivity index (χ0) is 13.4. The number of hydrogen-bond acceptors (Lipinski definition) is 2. The van der Waals surface area contributed by atoms with Gasteiger partial charge in [-0.2, -0.15) is 46.3 Å². The number of halogens is 6. The first-order chi connectivity index (χ1) is 7.51. The first-order valence-corrected chi connectivity index (χ1v) is 4.51. The van der Waals surface area contributed by atoms with E-state index in [-0.39, 0.29) is 23.2 Å². The largest absolute Gasteiger partial charge is 0.657 e. The van der Waals surface area contributed by atoms with Crippen LogP contribution in [0.1, 0.15) is 13.8 Å². The molecule has 0 aromatic heterocycles. The average Bonchev–Trinajstić information content (AvgIpc) is 2.78. The van der Waals surface area contributed by atoms with Crippen LogP contribution >= 0.6 is 0 Å². The Labute approximate surface area is 110 Å². The van der Waals surface area contributed by atoms with E-state index in [9.17, 15) is 26.3 Å². The standard InChI is InChI=1S/C9H9F6O2.Mn/c1-4(2)16-6(8(10,11)12)3-5-7(17-5)9(13,14)15;/h3,5,7H,1-2H3;/q-1;/b6-3-;. The van der Waals surface area contributed by atoms with Crippen molar-refractivity contribution in [3.63, 3.8) is 0 Å². The molecule has 107 valence electrons. The van der Waals surface area contributed by atoms with Crippen LogP contribution in [-0.2, 0) is 26.5 Å². The molecule has 1 heterocycles. The van der Waals surface area contributed by atoms with Crippen molar-refractivity contribution in [3.8, 4) is 0 Å². The summed E-state index contributed by atoms with van der Waals surface area (Å²) in [6.45, 7) is 2.52. The predicted molar refractivity (Wildman–Crippen MR) is 44.5 cm³/mol. The maximum absolute atomic E-state index is 12.3. The molecule has 2 atom stereocenters. The van der Waals surface area contributed by atoms with Crippen molar-refractivity contribution in [1.82, 2.24) is 0 Å². The molecule has 2 unspecified atom stereocenters. The molecule has 0 aliphatic carbocycles. The molecule has 1 radical (unpaired) electrons. The topological polar surface area (TPSA) is 21.8 Å². The summed E-state index contributed by atoms with van der Waals surface area (Å²) in [5, 5.41) is 0. The van der Waals surface area contributed by atoms with Crippen molar-refractivity contribution in [1.29, 1.82) is 0 Å². The molecule has 0 aromatic rings. The summed E-state index contributed by atoms with van der Waals surface area (Å²) in [5.74, 6) is -1.49. The van der Waals surface area contributed by atoms with E-state index in [1.54, 1.807) is 0 Å². The van der Waals surface area contributed by atoms with Gasteiger partial charge in [0.05, 0.1) is 0 Å². The molecular weight excluding hydrogens is 309 g/mol. The van der Waals surface area contributed by atoms with Crippen LogP contribution in [-0.4, -0.2) is 24.6 Å². The van der Waals surface area contributed by atoms with Gasteiger partial charge in [-0.05, 0) is 6.08 Å². The molecule has 1 aliphatic rings. The van der Waals surface area contributed by atoms with Gasteiger partial charge < -0.3 is 9.47 Å². The normalized spacial score (nSPS) is 24.8. The van der Waals surface area contributed by atoms with Gasteiger partial charge in [0.1, 0.15) is 6.10 Å². The second-order valence-electron chi connectivity index (χ2n) is 3.60. The van der Waals surface area contributed by atoms with Gasteiger partial charge in [-0.25, -0.2) is 0 Å². The van der Waals surface area contributed by atoms with Crippen LogP contribution in [0.2, 0.25) is 0 Å². The Kier molecular flexibility index (Phi) is 5.58. The van der Waals surface area contributed by atoms with Crippen LogP contribution in [0.5, 0.6) is 0 Å². The maximum Gasteiger partial charge on any atom is 0.445 e. The van der Waals surface area contributed by atoms with Crippen molar-refractivity contribution in [2.45, 2.75) is 38.4 Å². The summed E-state index contributed by atoms with van der Waals surface area (Å²) >= 11 is 0. The van der Waals surface area contributed by atoms with Crippen molar-refractivity contribution in [2.24, 2.45) is 0 Å². The monoisotopic (exact) mass is 318 g/mol. The Bertz CT molecular complexity index is 309. The summed E-state index contributed by atoms with van der Waals surface area (Å²) in [4.78, 5) is 0. The number of alkyl halides is 6. The van der Waals surface area contributed by atoms with Gasteiger partial charge >= 0.3 is 12.4 Å². The minimum Gasteiger partial charge on any atom is -0.657 e. The summed E-state index contributed by atoms with van der Waals surface area (Å²) < 4.78 is 81.5. The summed E-state index contributed by atoms with van der Waals surface area (Å²) in [6.07, 6.45) is -13.1. The smallest absolute Gasteiger partial charge is 0.445 e. The van der Waals surface area contributed by atoms with Gasteiger partial charge in [-0.1, -0.05) is 0 Å². The molecule has 0 aromatic carbocycles. The van der Waals surface area contributed by atoms with Gasteiger partial charge in [0.15, 0.2) is 11.9 Å². The fourth-order valence-electron chi connectivity index (χ4n) is 1.07. The Hall–Kier alpha value is -0.401. The molecule has 2 nitrogen and oxygen atoms in total. The van der Waals surface area contributed by atoms with Crippen LogP contribution in [0.3, 0.4) is 0 Å². The summed E-state index contributed by atoms with van der Waals surface area (Å²) in [6, 6.07) is 0.